The van der Waals surface area contributed by atoms with Crippen molar-refractivity contribution in [3.63, 3.8) is 0 Å². The Morgan fingerprint density at radius 3 is 2.76 bits per heavy atom. The van der Waals surface area contributed by atoms with Crippen LogP contribution in [0.5, 0.6) is 0 Å². The summed E-state index contributed by atoms with van der Waals surface area (Å²) in [6.45, 7) is 4.35. The molecule has 0 N–H and O–H groups in total. The van der Waals surface area contributed by atoms with Crippen molar-refractivity contribution in [2.45, 2.75) is 52.0 Å². The molecule has 1 aliphatic rings. The Kier molecular flexibility index (Phi) is 4.27. The van der Waals surface area contributed by atoms with Crippen LogP contribution in [0.25, 0.3) is 5.57 Å². The number of rotatable bonds is 3. The molecule has 17 heavy (non-hydrogen) atoms. The summed E-state index contributed by atoms with van der Waals surface area (Å²) in [4.78, 5) is 0. The highest BCUT2D eigenvalue weighted by Crippen LogP contribution is 2.32. The van der Waals surface area contributed by atoms with Gasteiger partial charge in [0.15, 0.2) is 0 Å². The third-order valence-corrected chi connectivity index (χ3v) is 3.78. The number of nitrogens with zero attached hydrogens (tertiary/aromatic N) is 2. The monoisotopic (exact) mass is 252 g/mol. The maximum atomic E-state index is 6.11. The molecule has 0 aromatic carbocycles. The topological polar surface area (TPSA) is 17.8 Å². The molecule has 0 bridgehead atoms. The second-order valence-corrected chi connectivity index (χ2v) is 5.30. The molecule has 0 saturated heterocycles. The van der Waals surface area contributed by atoms with Gasteiger partial charge in [-0.2, -0.15) is 5.10 Å². The summed E-state index contributed by atoms with van der Waals surface area (Å²) >= 11 is 6.11. The van der Waals surface area contributed by atoms with E-state index in [1.807, 2.05) is 6.20 Å². The molecule has 0 amide bonds. The van der Waals surface area contributed by atoms with Gasteiger partial charge in [-0.3, -0.25) is 4.68 Å². The minimum absolute atomic E-state index is 0.410. The zero-order chi connectivity index (χ0) is 12.3. The molecule has 94 valence electrons. The van der Waals surface area contributed by atoms with Crippen molar-refractivity contribution in [1.29, 1.82) is 0 Å². The highest BCUT2D eigenvalue weighted by molar-refractivity contribution is 6.20. The standard InChI is InChI=1S/C14H21ClN2/c1-11(2)17-14(8-9-16-17)13-7-5-3-4-6-12(13)10-15/h8-9,11H,3-7,10H2,1-2H3. The van der Waals surface area contributed by atoms with Gasteiger partial charge < -0.3 is 0 Å². The molecule has 1 aliphatic carbocycles. The average Bonchev–Trinajstić information content (AvgIpc) is 2.68. The number of aromatic nitrogens is 2. The lowest BCUT2D eigenvalue weighted by Crippen LogP contribution is -2.08. The molecule has 0 saturated carbocycles. The Labute approximate surface area is 109 Å². The third kappa shape index (κ3) is 2.74. The van der Waals surface area contributed by atoms with Crippen LogP contribution in [0.4, 0.5) is 0 Å². The van der Waals surface area contributed by atoms with Crippen LogP contribution in [-0.2, 0) is 0 Å². The summed E-state index contributed by atoms with van der Waals surface area (Å²) in [7, 11) is 0. The Morgan fingerprint density at radius 2 is 2.06 bits per heavy atom. The van der Waals surface area contributed by atoms with Gasteiger partial charge in [0.1, 0.15) is 0 Å². The maximum Gasteiger partial charge on any atom is 0.0644 e. The van der Waals surface area contributed by atoms with Crippen molar-refractivity contribution in [3.05, 3.63) is 23.5 Å². The zero-order valence-electron chi connectivity index (χ0n) is 10.7. The van der Waals surface area contributed by atoms with Gasteiger partial charge in [0, 0.05) is 18.1 Å². The van der Waals surface area contributed by atoms with Crippen molar-refractivity contribution in [2.75, 3.05) is 5.88 Å². The number of halogens is 1. The van der Waals surface area contributed by atoms with Crippen molar-refractivity contribution < 1.29 is 0 Å². The summed E-state index contributed by atoms with van der Waals surface area (Å²) < 4.78 is 2.12. The lowest BCUT2D eigenvalue weighted by Gasteiger charge is -2.15. The van der Waals surface area contributed by atoms with E-state index >= 15 is 0 Å². The minimum Gasteiger partial charge on any atom is -0.263 e. The third-order valence-electron chi connectivity index (χ3n) is 3.46. The first kappa shape index (κ1) is 12.7. The van der Waals surface area contributed by atoms with E-state index in [1.165, 1.54) is 36.1 Å². The van der Waals surface area contributed by atoms with E-state index in [1.54, 1.807) is 0 Å². The van der Waals surface area contributed by atoms with Gasteiger partial charge in [0.05, 0.1) is 5.69 Å². The zero-order valence-corrected chi connectivity index (χ0v) is 11.5. The number of hydrogen-bond acceptors (Lipinski definition) is 1. The van der Waals surface area contributed by atoms with Gasteiger partial charge in [-0.25, -0.2) is 0 Å². The predicted molar refractivity (Wildman–Crippen MR) is 73.3 cm³/mol. The molecule has 1 aromatic rings. The summed E-state index contributed by atoms with van der Waals surface area (Å²) in [6.07, 6.45) is 8.09. The molecule has 2 rings (SSSR count). The van der Waals surface area contributed by atoms with E-state index in [9.17, 15) is 0 Å². The van der Waals surface area contributed by atoms with Crippen molar-refractivity contribution in [3.8, 4) is 0 Å². The molecule has 0 fully saturated rings. The SMILES string of the molecule is CC(C)n1nccc1C1=C(CCl)CCCCC1. The summed E-state index contributed by atoms with van der Waals surface area (Å²) in [5.74, 6) is 0.665. The molecule has 0 unspecified atom stereocenters. The van der Waals surface area contributed by atoms with E-state index in [0.717, 1.165) is 12.8 Å². The normalized spacial score (nSPS) is 17.6. The molecule has 0 atom stereocenters. The van der Waals surface area contributed by atoms with Crippen LogP contribution in [0, 0.1) is 0 Å². The highest BCUT2D eigenvalue weighted by atomic mass is 35.5. The van der Waals surface area contributed by atoms with Crippen molar-refractivity contribution in [2.24, 2.45) is 0 Å². The fourth-order valence-electron chi connectivity index (χ4n) is 2.57. The summed E-state index contributed by atoms with van der Waals surface area (Å²) in [5.41, 5.74) is 4.15. The van der Waals surface area contributed by atoms with Crippen LogP contribution < -0.4 is 0 Å². The van der Waals surface area contributed by atoms with E-state index in [0.29, 0.717) is 11.9 Å². The molecular weight excluding hydrogens is 232 g/mol. The molecule has 1 heterocycles. The number of allylic oxidation sites excluding steroid dienone is 2. The van der Waals surface area contributed by atoms with Gasteiger partial charge in [-0.05, 0) is 51.2 Å². The Morgan fingerprint density at radius 1 is 1.29 bits per heavy atom. The van der Waals surface area contributed by atoms with Crippen LogP contribution in [-0.4, -0.2) is 15.7 Å². The van der Waals surface area contributed by atoms with E-state index < -0.39 is 0 Å². The van der Waals surface area contributed by atoms with Crippen LogP contribution in [0.1, 0.15) is 57.7 Å². The van der Waals surface area contributed by atoms with E-state index in [-0.39, 0.29) is 0 Å². The van der Waals surface area contributed by atoms with Gasteiger partial charge >= 0.3 is 0 Å². The summed E-state index contributed by atoms with van der Waals surface area (Å²) in [6, 6.07) is 2.54. The average molecular weight is 253 g/mol. The van der Waals surface area contributed by atoms with E-state index in [2.05, 4.69) is 29.7 Å². The Balaban J connectivity index is 2.41. The molecule has 0 spiro atoms. The molecule has 2 nitrogen and oxygen atoms in total. The fraction of sp³-hybridized carbons (Fsp3) is 0.643. The Hall–Kier alpha value is -0.760. The first-order valence-electron chi connectivity index (χ1n) is 6.54. The maximum absolute atomic E-state index is 6.11. The summed E-state index contributed by atoms with van der Waals surface area (Å²) in [5, 5.41) is 4.43. The van der Waals surface area contributed by atoms with Crippen molar-refractivity contribution in [1.82, 2.24) is 9.78 Å². The second-order valence-electron chi connectivity index (χ2n) is 5.03. The number of hydrogen-bond donors (Lipinski definition) is 0. The van der Waals surface area contributed by atoms with Crippen LogP contribution in [0.15, 0.2) is 17.8 Å². The second kappa shape index (κ2) is 5.72. The van der Waals surface area contributed by atoms with Crippen LogP contribution in [0.2, 0.25) is 0 Å². The van der Waals surface area contributed by atoms with Gasteiger partial charge in [-0.15, -0.1) is 11.6 Å². The first-order chi connectivity index (χ1) is 8.24. The molecule has 0 radical (unpaired) electrons. The van der Waals surface area contributed by atoms with Gasteiger partial charge in [-0.1, -0.05) is 12.0 Å². The minimum atomic E-state index is 0.410. The predicted octanol–water partition coefficient (Wildman–Crippen LogP) is 4.42. The van der Waals surface area contributed by atoms with Gasteiger partial charge in [0.2, 0.25) is 0 Å². The van der Waals surface area contributed by atoms with E-state index in [4.69, 9.17) is 11.6 Å². The number of alkyl halides is 1. The molecule has 3 heteroatoms. The van der Waals surface area contributed by atoms with Crippen LogP contribution >= 0.6 is 11.6 Å². The van der Waals surface area contributed by atoms with Gasteiger partial charge in [0.25, 0.3) is 0 Å². The molecule has 1 aromatic heterocycles. The lowest BCUT2D eigenvalue weighted by molar-refractivity contribution is 0.525. The smallest absolute Gasteiger partial charge is 0.0644 e. The van der Waals surface area contributed by atoms with Crippen LogP contribution in [0.3, 0.4) is 0 Å². The fourth-order valence-corrected chi connectivity index (χ4v) is 2.86. The quantitative estimate of drug-likeness (QED) is 0.728. The lowest BCUT2D eigenvalue weighted by atomic mass is 10.0. The highest BCUT2D eigenvalue weighted by Gasteiger charge is 2.16. The largest absolute Gasteiger partial charge is 0.263 e. The first-order valence-corrected chi connectivity index (χ1v) is 7.08. The molecular formula is C14H21ClN2. The van der Waals surface area contributed by atoms with Crippen molar-refractivity contribution >= 4 is 17.2 Å². The molecule has 0 aliphatic heterocycles. The Bertz CT molecular complexity index is 404.